The zero-order chi connectivity index (χ0) is 21.3. The molecule has 2 amide bonds. The number of nitrogens with zero attached hydrogens (tertiary/aromatic N) is 1. The van der Waals surface area contributed by atoms with E-state index in [9.17, 15) is 18.0 Å². The molecule has 0 fully saturated rings. The molecule has 1 N–H and O–H groups in total. The summed E-state index contributed by atoms with van der Waals surface area (Å²) in [5.74, 6) is -0.491. The van der Waals surface area contributed by atoms with E-state index < -0.39 is 21.0 Å². The van der Waals surface area contributed by atoms with Gasteiger partial charge in [-0.2, -0.15) is 0 Å². The number of hydrogen-bond donors (Lipinski definition) is 1. The molecule has 1 aliphatic heterocycles. The van der Waals surface area contributed by atoms with E-state index in [1.54, 1.807) is 29.2 Å². The maximum absolute atomic E-state index is 13.0. The Morgan fingerprint density at radius 2 is 1.93 bits per heavy atom. The summed E-state index contributed by atoms with van der Waals surface area (Å²) in [4.78, 5) is 25.8. The molecule has 2 aromatic carbocycles. The van der Waals surface area contributed by atoms with Crippen molar-refractivity contribution in [2.24, 2.45) is 0 Å². The predicted octanol–water partition coefficient (Wildman–Crippen LogP) is 3.75. The number of anilines is 2. The molecule has 1 unspecified atom stereocenters. The van der Waals surface area contributed by atoms with E-state index in [2.05, 4.69) is 5.32 Å². The molecule has 154 valence electrons. The number of fused-ring (bicyclic) bond motifs is 1. The van der Waals surface area contributed by atoms with E-state index in [0.29, 0.717) is 23.7 Å². The number of nitrogens with one attached hydrogen (secondary N) is 1. The van der Waals surface area contributed by atoms with Gasteiger partial charge in [0, 0.05) is 25.6 Å². The van der Waals surface area contributed by atoms with Crippen LogP contribution in [0.15, 0.2) is 41.3 Å². The zero-order valence-corrected chi connectivity index (χ0v) is 18.1. The van der Waals surface area contributed by atoms with Crippen molar-refractivity contribution in [2.75, 3.05) is 16.8 Å². The molecule has 0 spiro atoms. The monoisotopic (exact) mass is 434 g/mol. The molecule has 0 aliphatic carbocycles. The second-order valence-electron chi connectivity index (χ2n) is 7.30. The van der Waals surface area contributed by atoms with E-state index in [-0.39, 0.29) is 17.2 Å². The highest BCUT2D eigenvalue weighted by Gasteiger charge is 2.29. The van der Waals surface area contributed by atoms with Gasteiger partial charge in [-0.1, -0.05) is 17.7 Å². The minimum absolute atomic E-state index is 0.0702. The molecule has 8 heteroatoms. The summed E-state index contributed by atoms with van der Waals surface area (Å²) < 4.78 is 25.9. The number of halogens is 1. The SMILES string of the molecule is CC(=O)N1CCc2cc(S(=O)(=O)C(C)CC(=O)Nc3ccc(C)cc3Cl)ccc21. The molecule has 29 heavy (non-hydrogen) atoms. The van der Waals surface area contributed by atoms with Crippen molar-refractivity contribution in [3.05, 3.63) is 52.5 Å². The lowest BCUT2D eigenvalue weighted by atomic mass is 10.2. The van der Waals surface area contributed by atoms with Crippen LogP contribution in [-0.2, 0) is 25.8 Å². The normalized spacial score (nSPS) is 14.4. The summed E-state index contributed by atoms with van der Waals surface area (Å²) in [7, 11) is -3.70. The Kier molecular flexibility index (Phi) is 6.00. The van der Waals surface area contributed by atoms with Gasteiger partial charge in [0.25, 0.3) is 0 Å². The molecule has 1 atom stereocenters. The smallest absolute Gasteiger partial charge is 0.225 e. The minimum atomic E-state index is -3.70. The van der Waals surface area contributed by atoms with Crippen molar-refractivity contribution in [1.82, 2.24) is 0 Å². The number of hydrogen-bond acceptors (Lipinski definition) is 4. The largest absolute Gasteiger partial charge is 0.325 e. The Morgan fingerprint density at radius 1 is 1.21 bits per heavy atom. The number of benzene rings is 2. The van der Waals surface area contributed by atoms with Crippen LogP contribution in [0, 0.1) is 6.92 Å². The van der Waals surface area contributed by atoms with Gasteiger partial charge in [0.1, 0.15) is 0 Å². The summed E-state index contributed by atoms with van der Waals surface area (Å²) in [5.41, 5.74) is 2.98. The molecule has 2 aromatic rings. The second-order valence-corrected chi connectivity index (χ2v) is 10.1. The van der Waals surface area contributed by atoms with Gasteiger partial charge in [0.05, 0.1) is 20.9 Å². The second kappa shape index (κ2) is 8.16. The number of carbonyl (C=O) groups is 2. The number of rotatable bonds is 5. The fourth-order valence-electron chi connectivity index (χ4n) is 3.41. The summed E-state index contributed by atoms with van der Waals surface area (Å²) in [6.45, 7) is 5.43. The quantitative estimate of drug-likeness (QED) is 0.776. The standard InChI is InChI=1S/C21H23ClN2O4S/c1-13-4-6-19(18(22)10-13)23-21(26)11-14(2)29(27,28)17-5-7-20-16(12-17)8-9-24(20)15(3)25/h4-7,10,12,14H,8-9,11H2,1-3H3,(H,23,26). The number of aryl methyl sites for hydroxylation is 1. The van der Waals surface area contributed by atoms with Crippen molar-refractivity contribution in [3.63, 3.8) is 0 Å². The fraction of sp³-hybridized carbons (Fsp3) is 0.333. The lowest BCUT2D eigenvalue weighted by Gasteiger charge is -2.16. The summed E-state index contributed by atoms with van der Waals surface area (Å²) in [6, 6.07) is 10.0. The van der Waals surface area contributed by atoms with Crippen LogP contribution in [0.2, 0.25) is 5.02 Å². The zero-order valence-electron chi connectivity index (χ0n) is 16.5. The molecule has 0 saturated heterocycles. The van der Waals surface area contributed by atoms with Crippen LogP contribution in [0.25, 0.3) is 0 Å². The third-order valence-corrected chi connectivity index (χ3v) is 7.51. The van der Waals surface area contributed by atoms with Gasteiger partial charge < -0.3 is 10.2 Å². The van der Waals surface area contributed by atoms with Crippen molar-refractivity contribution in [3.8, 4) is 0 Å². The summed E-state index contributed by atoms with van der Waals surface area (Å²) >= 11 is 6.12. The van der Waals surface area contributed by atoms with E-state index in [0.717, 1.165) is 16.8 Å². The Labute approximate surface area is 175 Å². The van der Waals surface area contributed by atoms with E-state index in [1.807, 2.05) is 13.0 Å². The third-order valence-electron chi connectivity index (χ3n) is 5.06. The molecule has 1 aliphatic rings. The molecule has 6 nitrogen and oxygen atoms in total. The van der Waals surface area contributed by atoms with Gasteiger partial charge in [-0.3, -0.25) is 9.59 Å². The molecule has 0 bridgehead atoms. The molecule has 0 saturated carbocycles. The maximum atomic E-state index is 13.0. The van der Waals surface area contributed by atoms with Crippen molar-refractivity contribution < 1.29 is 18.0 Å². The molecule has 0 radical (unpaired) electrons. The van der Waals surface area contributed by atoms with Crippen LogP contribution in [0.3, 0.4) is 0 Å². The van der Waals surface area contributed by atoms with Crippen LogP contribution in [0.5, 0.6) is 0 Å². The minimum Gasteiger partial charge on any atom is -0.325 e. The van der Waals surface area contributed by atoms with E-state index in [4.69, 9.17) is 11.6 Å². The molecule has 1 heterocycles. The van der Waals surface area contributed by atoms with Crippen LogP contribution in [0.4, 0.5) is 11.4 Å². The molecule has 0 aromatic heterocycles. The molecular formula is C21H23ClN2O4S. The number of sulfone groups is 1. The van der Waals surface area contributed by atoms with Crippen molar-refractivity contribution in [1.29, 1.82) is 0 Å². The Balaban J connectivity index is 1.74. The van der Waals surface area contributed by atoms with Gasteiger partial charge in [-0.25, -0.2) is 8.42 Å². The van der Waals surface area contributed by atoms with Crippen molar-refractivity contribution >= 4 is 44.6 Å². The lowest BCUT2D eigenvalue weighted by molar-refractivity contribution is -0.117. The maximum Gasteiger partial charge on any atom is 0.225 e. The van der Waals surface area contributed by atoms with E-state index in [1.165, 1.54) is 19.9 Å². The first-order valence-electron chi connectivity index (χ1n) is 9.30. The van der Waals surface area contributed by atoms with Gasteiger partial charge >= 0.3 is 0 Å². The lowest BCUT2D eigenvalue weighted by Crippen LogP contribution is -2.26. The van der Waals surface area contributed by atoms with Gasteiger partial charge in [0.2, 0.25) is 11.8 Å². The topological polar surface area (TPSA) is 83.6 Å². The predicted molar refractivity (Wildman–Crippen MR) is 114 cm³/mol. The number of amides is 2. The van der Waals surface area contributed by atoms with Crippen molar-refractivity contribution in [2.45, 2.75) is 43.8 Å². The molecule has 3 rings (SSSR count). The average Bonchev–Trinajstić information content (AvgIpc) is 3.07. The highest BCUT2D eigenvalue weighted by atomic mass is 35.5. The van der Waals surface area contributed by atoms with Crippen LogP contribution in [-0.4, -0.2) is 32.0 Å². The van der Waals surface area contributed by atoms with Gasteiger partial charge in [-0.05, 0) is 61.7 Å². The summed E-state index contributed by atoms with van der Waals surface area (Å²) in [5, 5.41) is 2.17. The Morgan fingerprint density at radius 3 is 2.59 bits per heavy atom. The van der Waals surface area contributed by atoms with Gasteiger partial charge in [0.15, 0.2) is 9.84 Å². The first-order chi connectivity index (χ1) is 13.6. The van der Waals surface area contributed by atoms with Crippen LogP contribution >= 0.6 is 11.6 Å². The Bertz CT molecular complexity index is 1080. The number of carbonyl (C=O) groups excluding carboxylic acids is 2. The van der Waals surface area contributed by atoms with E-state index >= 15 is 0 Å². The van der Waals surface area contributed by atoms with Gasteiger partial charge in [-0.15, -0.1) is 0 Å². The average molecular weight is 435 g/mol. The molecular weight excluding hydrogens is 412 g/mol. The van der Waals surface area contributed by atoms with Crippen LogP contribution in [0.1, 0.15) is 31.4 Å². The third kappa shape index (κ3) is 4.46. The summed E-state index contributed by atoms with van der Waals surface area (Å²) in [6.07, 6.45) is 0.419. The highest BCUT2D eigenvalue weighted by molar-refractivity contribution is 7.92. The highest BCUT2D eigenvalue weighted by Crippen LogP contribution is 2.32. The van der Waals surface area contributed by atoms with Crippen LogP contribution < -0.4 is 10.2 Å². The fourth-order valence-corrected chi connectivity index (χ4v) is 5.09. The first-order valence-corrected chi connectivity index (χ1v) is 11.2. The Hall–Kier alpha value is -2.38. The first kappa shape index (κ1) is 21.3.